The van der Waals surface area contributed by atoms with Crippen molar-refractivity contribution in [1.82, 2.24) is 9.55 Å². The van der Waals surface area contributed by atoms with E-state index in [0.717, 1.165) is 34.0 Å². The average Bonchev–Trinajstić information content (AvgIpc) is 3.69. The Hall–Kier alpha value is -5.81. The molecule has 0 unspecified atom stereocenters. The van der Waals surface area contributed by atoms with E-state index in [1.165, 1.54) is 61.2 Å². The third-order valence-electron chi connectivity index (χ3n) is 12.6. The SMILES string of the molecule is CC1=C(C)N(c2cc(-c3cc(C(C)(C)C)cc(C(C)(C)C)c3)cc(C(C)(C)C)c2)CN1c1cccc(Oc2ccc3c4ccccc4n(-c4cc(C(C)(C)C)ccn4)c3c2)c1. The molecule has 0 fully saturated rings. The zero-order chi connectivity index (χ0) is 43.8. The maximum Gasteiger partial charge on any atom is 0.137 e. The van der Waals surface area contributed by atoms with Crippen LogP contribution in [0, 0.1) is 0 Å². The summed E-state index contributed by atoms with van der Waals surface area (Å²) in [6, 6.07) is 42.3. The van der Waals surface area contributed by atoms with E-state index in [0.29, 0.717) is 6.67 Å². The molecule has 7 aromatic rings. The minimum atomic E-state index is -0.0264. The topological polar surface area (TPSA) is 33.5 Å². The summed E-state index contributed by atoms with van der Waals surface area (Å²) in [5, 5.41) is 2.36. The lowest BCUT2D eigenvalue weighted by molar-refractivity contribution is 0.483. The van der Waals surface area contributed by atoms with E-state index in [9.17, 15) is 0 Å². The zero-order valence-corrected chi connectivity index (χ0v) is 39.0. The summed E-state index contributed by atoms with van der Waals surface area (Å²) in [5.74, 6) is 2.48. The predicted octanol–water partition coefficient (Wildman–Crippen LogP) is 15.4. The molecule has 314 valence electrons. The fraction of sp³-hybridized carbons (Fsp3) is 0.339. The van der Waals surface area contributed by atoms with E-state index in [4.69, 9.17) is 9.72 Å². The van der Waals surface area contributed by atoms with Gasteiger partial charge in [-0.1, -0.05) is 132 Å². The van der Waals surface area contributed by atoms with Crippen molar-refractivity contribution in [3.63, 3.8) is 0 Å². The molecule has 0 radical (unpaired) electrons. The van der Waals surface area contributed by atoms with Crippen LogP contribution >= 0.6 is 0 Å². The second kappa shape index (κ2) is 15.0. The number of hydrogen-bond donors (Lipinski definition) is 0. The van der Waals surface area contributed by atoms with Gasteiger partial charge in [-0.25, -0.2) is 4.98 Å². The summed E-state index contributed by atoms with van der Waals surface area (Å²) in [6.07, 6.45) is 1.93. The third kappa shape index (κ3) is 8.20. The molecule has 0 atom stereocenters. The lowest BCUT2D eigenvalue weighted by Crippen LogP contribution is -2.27. The highest BCUT2D eigenvalue weighted by molar-refractivity contribution is 6.09. The van der Waals surface area contributed by atoms with Crippen LogP contribution in [-0.4, -0.2) is 16.2 Å². The second-order valence-electron chi connectivity index (χ2n) is 21.3. The number of anilines is 2. The predicted molar refractivity (Wildman–Crippen MR) is 260 cm³/mol. The number of pyridine rings is 1. The molecule has 61 heavy (non-hydrogen) atoms. The summed E-state index contributed by atoms with van der Waals surface area (Å²) < 4.78 is 8.99. The van der Waals surface area contributed by atoms with Gasteiger partial charge >= 0.3 is 0 Å². The fourth-order valence-corrected chi connectivity index (χ4v) is 8.44. The van der Waals surface area contributed by atoms with Crippen LogP contribution in [0.5, 0.6) is 11.5 Å². The number of ether oxygens (including phenoxy) is 1. The van der Waals surface area contributed by atoms with Gasteiger partial charge in [-0.3, -0.25) is 4.57 Å². The first kappa shape index (κ1) is 41.9. The van der Waals surface area contributed by atoms with Crippen LogP contribution in [0.1, 0.15) is 119 Å². The molecule has 0 aliphatic carbocycles. The molecule has 5 heteroatoms. The second-order valence-corrected chi connectivity index (χ2v) is 21.3. The molecule has 0 N–H and O–H groups in total. The largest absolute Gasteiger partial charge is 0.457 e. The Morgan fingerprint density at radius 2 is 1.02 bits per heavy atom. The van der Waals surface area contributed by atoms with Crippen molar-refractivity contribution in [2.75, 3.05) is 16.5 Å². The van der Waals surface area contributed by atoms with Crippen molar-refractivity contribution in [2.45, 2.75) is 119 Å². The van der Waals surface area contributed by atoms with Crippen LogP contribution in [-0.2, 0) is 21.7 Å². The van der Waals surface area contributed by atoms with Crippen LogP contribution in [0.3, 0.4) is 0 Å². The summed E-state index contributed by atoms with van der Waals surface area (Å²) in [4.78, 5) is 9.74. The van der Waals surface area contributed by atoms with Crippen molar-refractivity contribution in [1.29, 1.82) is 0 Å². The lowest BCUT2D eigenvalue weighted by atomic mass is 9.78. The van der Waals surface area contributed by atoms with Crippen LogP contribution in [0.4, 0.5) is 11.4 Å². The molecule has 0 amide bonds. The van der Waals surface area contributed by atoms with E-state index >= 15 is 0 Å². The Labute approximate surface area is 364 Å². The molecule has 0 spiro atoms. The van der Waals surface area contributed by atoms with Crippen LogP contribution < -0.4 is 14.5 Å². The van der Waals surface area contributed by atoms with Gasteiger partial charge in [0, 0.05) is 51.9 Å². The van der Waals surface area contributed by atoms with Gasteiger partial charge in [0.15, 0.2) is 0 Å². The number of benzene rings is 5. The molecule has 0 saturated carbocycles. The summed E-state index contributed by atoms with van der Waals surface area (Å²) in [6.45, 7) is 32.7. The quantitative estimate of drug-likeness (QED) is 0.168. The molecule has 1 aliphatic rings. The van der Waals surface area contributed by atoms with Crippen molar-refractivity contribution >= 4 is 33.2 Å². The molecule has 5 nitrogen and oxygen atoms in total. The maximum atomic E-state index is 6.72. The molecule has 5 aromatic carbocycles. The highest BCUT2D eigenvalue weighted by Crippen LogP contribution is 2.42. The average molecular weight is 809 g/mol. The van der Waals surface area contributed by atoms with Gasteiger partial charge in [0.25, 0.3) is 0 Å². The minimum absolute atomic E-state index is 0.00269. The third-order valence-corrected chi connectivity index (χ3v) is 12.6. The van der Waals surface area contributed by atoms with Crippen LogP contribution in [0.25, 0.3) is 38.8 Å². The summed E-state index contributed by atoms with van der Waals surface area (Å²) in [5.41, 5.74) is 14.8. The molecule has 8 rings (SSSR count). The molecule has 3 heterocycles. The van der Waals surface area contributed by atoms with E-state index in [-0.39, 0.29) is 21.7 Å². The van der Waals surface area contributed by atoms with E-state index in [1.807, 2.05) is 12.3 Å². The zero-order valence-electron chi connectivity index (χ0n) is 39.0. The highest BCUT2D eigenvalue weighted by Gasteiger charge is 2.29. The molecular weight excluding hydrogens is 745 g/mol. The number of allylic oxidation sites excluding steroid dienone is 2. The minimum Gasteiger partial charge on any atom is -0.457 e. The number of rotatable bonds is 6. The molecule has 1 aliphatic heterocycles. The first-order valence-corrected chi connectivity index (χ1v) is 21.9. The summed E-state index contributed by atoms with van der Waals surface area (Å²) >= 11 is 0. The van der Waals surface area contributed by atoms with E-state index in [2.05, 4.69) is 220 Å². The highest BCUT2D eigenvalue weighted by atomic mass is 16.5. The molecule has 2 aromatic heterocycles. The van der Waals surface area contributed by atoms with Crippen LogP contribution in [0.2, 0.25) is 0 Å². The Balaban J connectivity index is 1.13. The normalized spacial score (nSPS) is 14.2. The van der Waals surface area contributed by atoms with E-state index in [1.54, 1.807) is 0 Å². The number of aromatic nitrogens is 2. The number of para-hydroxylation sites is 1. The van der Waals surface area contributed by atoms with Gasteiger partial charge < -0.3 is 14.5 Å². The molecule has 0 saturated heterocycles. The monoisotopic (exact) mass is 809 g/mol. The number of hydrogen-bond acceptors (Lipinski definition) is 4. The maximum absolute atomic E-state index is 6.72. The lowest BCUT2D eigenvalue weighted by Gasteiger charge is -2.29. The van der Waals surface area contributed by atoms with Gasteiger partial charge in [0.05, 0.1) is 17.7 Å². The first-order chi connectivity index (χ1) is 28.6. The van der Waals surface area contributed by atoms with Gasteiger partial charge in [-0.2, -0.15) is 0 Å². The smallest absolute Gasteiger partial charge is 0.137 e. The molecule has 0 bridgehead atoms. The van der Waals surface area contributed by atoms with Gasteiger partial charge in [-0.05, 0) is 123 Å². The Morgan fingerprint density at radius 3 is 1.66 bits per heavy atom. The van der Waals surface area contributed by atoms with E-state index < -0.39 is 0 Å². The van der Waals surface area contributed by atoms with Gasteiger partial charge in [0.1, 0.15) is 17.3 Å². The fourth-order valence-electron chi connectivity index (χ4n) is 8.44. The standard InChI is InChI=1S/C56H64N4O/c1-36-37(2)59(45-29-39(28-43(31-45)56(12,13)14)38-26-41(54(6,7)8)30-42(27-38)55(9,10)11)35-58(36)44-18-17-19-46(33-44)61-47-22-23-49-48-20-15-16-21-50(48)60(51(49)34-47)52-32-40(24-25-57-52)53(3,4)5/h15-34H,35H2,1-14H3. The molecular formula is C56H64N4O. The van der Waals surface area contributed by atoms with Crippen molar-refractivity contribution < 1.29 is 4.74 Å². The number of fused-ring (bicyclic) bond motifs is 3. The Morgan fingerprint density at radius 1 is 0.459 bits per heavy atom. The van der Waals surface area contributed by atoms with Crippen molar-refractivity contribution in [3.05, 3.63) is 155 Å². The number of nitrogens with zero attached hydrogens (tertiary/aromatic N) is 4. The Bertz CT molecular complexity index is 2800. The van der Waals surface area contributed by atoms with Gasteiger partial charge in [0.2, 0.25) is 0 Å². The Kier molecular flexibility index (Phi) is 10.3. The van der Waals surface area contributed by atoms with Crippen molar-refractivity contribution in [2.24, 2.45) is 0 Å². The van der Waals surface area contributed by atoms with Crippen molar-refractivity contribution in [3.8, 4) is 28.4 Å². The first-order valence-electron chi connectivity index (χ1n) is 21.9. The summed E-state index contributed by atoms with van der Waals surface area (Å²) in [7, 11) is 0. The van der Waals surface area contributed by atoms with Crippen LogP contribution in [0.15, 0.2) is 133 Å². The van der Waals surface area contributed by atoms with Gasteiger partial charge in [-0.15, -0.1) is 0 Å².